The molecule has 7 heteroatoms. The second-order valence-electron chi connectivity index (χ2n) is 9.58. The smallest absolute Gasteiger partial charge is 0.251 e. The summed E-state index contributed by atoms with van der Waals surface area (Å²) in [6.45, 7) is 11.9. The first-order chi connectivity index (χ1) is 14.3. The van der Waals surface area contributed by atoms with Gasteiger partial charge in [0.15, 0.2) is 0 Å². The number of hydrogen-bond acceptors (Lipinski definition) is 3. The van der Waals surface area contributed by atoms with Crippen molar-refractivity contribution in [3.63, 3.8) is 0 Å². The number of amides is 1. The number of benzene rings is 1. The van der Waals surface area contributed by atoms with Crippen molar-refractivity contribution < 1.29 is 18.1 Å². The molecule has 2 saturated heterocycles. The number of nitrogens with one attached hydrogen (secondary N) is 2. The van der Waals surface area contributed by atoms with E-state index < -0.39 is 10.0 Å². The van der Waals surface area contributed by atoms with E-state index in [0.717, 1.165) is 25.3 Å². The number of quaternary nitrogens is 1. The zero-order valence-corrected chi connectivity index (χ0v) is 19.5. The van der Waals surface area contributed by atoms with Crippen LogP contribution in [0.3, 0.4) is 0 Å². The van der Waals surface area contributed by atoms with E-state index in [4.69, 9.17) is 0 Å². The van der Waals surface area contributed by atoms with Gasteiger partial charge in [0.25, 0.3) is 5.91 Å². The highest BCUT2D eigenvalue weighted by atomic mass is 32.2. The molecule has 1 aromatic rings. The number of carbonyl (C=O) groups is 1. The molecule has 2 heterocycles. The van der Waals surface area contributed by atoms with Crippen LogP contribution in [0.25, 0.3) is 0 Å². The standard InChI is InChI=1S/C23H37N3O3S/c1-18-9-13-25(14-10-18)12-4-11-24-23(27)21-5-7-22(8-6-21)30(28,29)26-16-19(2)15-20(3)17-26/h5-8,18-20H,4,9-17H2,1-3H3,(H,24,27)/p+1/t19-,20-/m1/s1. The van der Waals surface area contributed by atoms with Crippen molar-refractivity contribution in [3.8, 4) is 0 Å². The molecule has 2 fully saturated rings. The van der Waals surface area contributed by atoms with E-state index in [-0.39, 0.29) is 10.8 Å². The molecule has 6 nitrogen and oxygen atoms in total. The minimum atomic E-state index is -3.51. The molecular formula is C23H38N3O3S+. The summed E-state index contributed by atoms with van der Waals surface area (Å²) in [6, 6.07) is 6.37. The number of nitrogens with zero attached hydrogens (tertiary/aromatic N) is 1. The summed E-state index contributed by atoms with van der Waals surface area (Å²) >= 11 is 0. The molecular weight excluding hydrogens is 398 g/mol. The van der Waals surface area contributed by atoms with Crippen molar-refractivity contribution in [2.24, 2.45) is 17.8 Å². The highest BCUT2D eigenvalue weighted by Gasteiger charge is 2.31. The third-order valence-corrected chi connectivity index (χ3v) is 8.41. The predicted molar refractivity (Wildman–Crippen MR) is 119 cm³/mol. The van der Waals surface area contributed by atoms with Crippen molar-refractivity contribution in [3.05, 3.63) is 29.8 Å². The molecule has 168 valence electrons. The molecule has 0 aromatic heterocycles. The first-order valence-electron chi connectivity index (χ1n) is 11.5. The SMILES string of the molecule is CC1CC[NH+](CCCNC(=O)c2ccc(S(=O)(=O)N3C[C@H](C)C[C@@H](C)C3)cc2)CC1. The third kappa shape index (κ3) is 6.05. The number of carbonyl (C=O) groups excluding carboxylic acids is 1. The maximum Gasteiger partial charge on any atom is 0.251 e. The Labute approximate surface area is 182 Å². The number of rotatable bonds is 7. The summed E-state index contributed by atoms with van der Waals surface area (Å²) in [7, 11) is -3.51. The van der Waals surface area contributed by atoms with Crippen LogP contribution in [0.4, 0.5) is 0 Å². The van der Waals surface area contributed by atoms with Crippen LogP contribution in [-0.4, -0.2) is 57.9 Å². The molecule has 3 rings (SSSR count). The maximum absolute atomic E-state index is 13.0. The molecule has 1 aromatic carbocycles. The fourth-order valence-electron chi connectivity index (χ4n) is 4.79. The fraction of sp³-hybridized carbons (Fsp3) is 0.696. The Morgan fingerprint density at radius 1 is 1.03 bits per heavy atom. The van der Waals surface area contributed by atoms with Gasteiger partial charge in [0, 0.05) is 31.6 Å². The fourth-order valence-corrected chi connectivity index (χ4v) is 6.47. The molecule has 2 aliphatic rings. The van der Waals surface area contributed by atoms with E-state index in [1.165, 1.54) is 25.9 Å². The average Bonchev–Trinajstić information content (AvgIpc) is 2.71. The van der Waals surface area contributed by atoms with Crippen LogP contribution in [-0.2, 0) is 10.0 Å². The lowest BCUT2D eigenvalue weighted by Gasteiger charge is -2.34. The largest absolute Gasteiger partial charge is 0.352 e. The van der Waals surface area contributed by atoms with E-state index in [1.807, 2.05) is 0 Å². The van der Waals surface area contributed by atoms with E-state index in [2.05, 4.69) is 26.1 Å². The maximum atomic E-state index is 13.0. The van der Waals surface area contributed by atoms with Gasteiger partial charge in [0.2, 0.25) is 10.0 Å². The Balaban J connectivity index is 1.49. The van der Waals surface area contributed by atoms with Gasteiger partial charge in [-0.05, 0) is 61.3 Å². The Morgan fingerprint density at radius 3 is 2.23 bits per heavy atom. The highest BCUT2D eigenvalue weighted by molar-refractivity contribution is 7.89. The van der Waals surface area contributed by atoms with Crippen molar-refractivity contribution in [2.45, 2.75) is 51.3 Å². The Kier molecular flexibility index (Phi) is 7.93. The van der Waals surface area contributed by atoms with Crippen LogP contribution in [0.15, 0.2) is 29.2 Å². The van der Waals surface area contributed by atoms with Gasteiger partial charge in [0.1, 0.15) is 0 Å². The van der Waals surface area contributed by atoms with E-state index in [1.54, 1.807) is 33.5 Å². The Morgan fingerprint density at radius 2 is 1.63 bits per heavy atom. The summed E-state index contributed by atoms with van der Waals surface area (Å²) in [4.78, 5) is 14.3. The molecule has 0 bridgehead atoms. The van der Waals surface area contributed by atoms with E-state index >= 15 is 0 Å². The van der Waals surface area contributed by atoms with Gasteiger partial charge < -0.3 is 10.2 Å². The van der Waals surface area contributed by atoms with Gasteiger partial charge in [-0.3, -0.25) is 4.79 Å². The average molecular weight is 437 g/mol. The van der Waals surface area contributed by atoms with Gasteiger partial charge in [0.05, 0.1) is 24.5 Å². The first-order valence-corrected chi connectivity index (χ1v) is 12.9. The van der Waals surface area contributed by atoms with Crippen molar-refractivity contribution in [1.82, 2.24) is 9.62 Å². The van der Waals surface area contributed by atoms with Gasteiger partial charge >= 0.3 is 0 Å². The second kappa shape index (κ2) is 10.2. The summed E-state index contributed by atoms with van der Waals surface area (Å²) in [5.41, 5.74) is 0.508. The number of piperidine rings is 2. The normalized spacial score (nSPS) is 28.2. The minimum absolute atomic E-state index is 0.138. The summed E-state index contributed by atoms with van der Waals surface area (Å²) in [6.07, 6.45) is 4.62. The molecule has 0 unspecified atom stereocenters. The third-order valence-electron chi connectivity index (χ3n) is 6.56. The van der Waals surface area contributed by atoms with Crippen LogP contribution in [0.1, 0.15) is 56.8 Å². The van der Waals surface area contributed by atoms with Crippen LogP contribution < -0.4 is 10.2 Å². The number of likely N-dealkylation sites (tertiary alicyclic amines) is 1. The number of sulfonamides is 1. The monoisotopic (exact) mass is 436 g/mol. The lowest BCUT2D eigenvalue weighted by Crippen LogP contribution is -3.13. The van der Waals surface area contributed by atoms with Crippen LogP contribution in [0.2, 0.25) is 0 Å². The van der Waals surface area contributed by atoms with Crippen molar-refractivity contribution in [1.29, 1.82) is 0 Å². The van der Waals surface area contributed by atoms with Gasteiger partial charge in [-0.25, -0.2) is 8.42 Å². The number of hydrogen-bond donors (Lipinski definition) is 2. The molecule has 0 spiro atoms. The predicted octanol–water partition coefficient (Wildman–Crippen LogP) is 1.79. The van der Waals surface area contributed by atoms with Crippen molar-refractivity contribution >= 4 is 15.9 Å². The highest BCUT2D eigenvalue weighted by Crippen LogP contribution is 2.26. The van der Waals surface area contributed by atoms with Crippen LogP contribution >= 0.6 is 0 Å². The van der Waals surface area contributed by atoms with Gasteiger partial charge in [-0.15, -0.1) is 0 Å². The van der Waals surface area contributed by atoms with Crippen molar-refractivity contribution in [2.75, 3.05) is 39.3 Å². The summed E-state index contributed by atoms with van der Waals surface area (Å²) in [5.74, 6) is 1.44. The molecule has 0 radical (unpaired) electrons. The second-order valence-corrected chi connectivity index (χ2v) is 11.5. The molecule has 30 heavy (non-hydrogen) atoms. The van der Waals surface area contributed by atoms with E-state index in [0.29, 0.717) is 37.0 Å². The van der Waals surface area contributed by atoms with Gasteiger partial charge in [-0.2, -0.15) is 4.31 Å². The summed E-state index contributed by atoms with van der Waals surface area (Å²) in [5, 5.41) is 2.97. The quantitative estimate of drug-likeness (QED) is 0.640. The molecule has 0 aliphatic carbocycles. The molecule has 2 aliphatic heterocycles. The summed E-state index contributed by atoms with van der Waals surface area (Å²) < 4.78 is 27.5. The van der Waals surface area contributed by atoms with E-state index in [9.17, 15) is 13.2 Å². The van der Waals surface area contributed by atoms with Crippen LogP contribution in [0, 0.1) is 17.8 Å². The molecule has 2 N–H and O–H groups in total. The zero-order chi connectivity index (χ0) is 21.7. The Bertz CT molecular complexity index is 791. The minimum Gasteiger partial charge on any atom is -0.352 e. The Hall–Kier alpha value is -1.44. The molecule has 0 saturated carbocycles. The van der Waals surface area contributed by atoms with Gasteiger partial charge in [-0.1, -0.05) is 20.8 Å². The first kappa shape index (κ1) is 23.2. The molecule has 1 amide bonds. The molecule has 2 atom stereocenters. The lowest BCUT2D eigenvalue weighted by molar-refractivity contribution is -0.906. The van der Waals surface area contributed by atoms with Crippen LogP contribution in [0.5, 0.6) is 0 Å². The topological polar surface area (TPSA) is 70.9 Å². The lowest BCUT2D eigenvalue weighted by atomic mass is 9.94. The zero-order valence-electron chi connectivity index (χ0n) is 18.7.